The molecule has 0 saturated carbocycles. The molecule has 0 aliphatic heterocycles. The predicted molar refractivity (Wildman–Crippen MR) is 214 cm³/mol. The summed E-state index contributed by atoms with van der Waals surface area (Å²) in [5.74, 6) is 0. The van der Waals surface area contributed by atoms with Gasteiger partial charge in [0.15, 0.2) is 0 Å². The van der Waals surface area contributed by atoms with Gasteiger partial charge in [-0.15, -0.1) is 0 Å². The third kappa shape index (κ3) is 19.5. The van der Waals surface area contributed by atoms with Crippen molar-refractivity contribution < 1.29 is 14.6 Å². The van der Waals surface area contributed by atoms with Crippen LogP contribution in [0.4, 0.5) is 0 Å². The number of allylic oxidation sites excluding steroid dienone is 2. The topological polar surface area (TPSA) is 0 Å². The van der Waals surface area contributed by atoms with Crippen molar-refractivity contribution in [3.8, 4) is 0 Å². The molecule has 0 bridgehead atoms. The summed E-state index contributed by atoms with van der Waals surface area (Å²) in [6.45, 7) is 8.90. The van der Waals surface area contributed by atoms with E-state index >= 15 is 0 Å². The van der Waals surface area contributed by atoms with Crippen molar-refractivity contribution in [1.29, 1.82) is 0 Å². The first-order chi connectivity index (χ1) is 23.6. The third-order valence-corrected chi connectivity index (χ3v) is 12.7. The molecule has 5 aromatic rings. The fraction of sp³-hybridized carbons (Fsp3) is 0.273. The van der Waals surface area contributed by atoms with E-state index in [2.05, 4.69) is 198 Å². The van der Waals surface area contributed by atoms with Crippen LogP contribution < -0.4 is 0 Å². The van der Waals surface area contributed by atoms with Crippen LogP contribution in [0.15, 0.2) is 157 Å². The van der Waals surface area contributed by atoms with Gasteiger partial charge >= 0.3 is 24.8 Å². The minimum absolute atomic E-state index is 0.0890. The second kappa shape index (κ2) is 27.3. The van der Waals surface area contributed by atoms with Gasteiger partial charge in [-0.3, -0.25) is 0 Å². The van der Waals surface area contributed by atoms with E-state index in [-0.39, 0.29) is 15.8 Å². The van der Waals surface area contributed by atoms with Crippen LogP contribution in [0.5, 0.6) is 0 Å². The summed E-state index contributed by atoms with van der Waals surface area (Å²) in [7, 11) is 4.44. The number of aryl methyl sites for hydroxylation is 1. The Bertz CT molecular complexity index is 1290. The van der Waals surface area contributed by atoms with Crippen molar-refractivity contribution in [2.75, 3.05) is 12.3 Å². The third-order valence-electron chi connectivity index (χ3n) is 7.63. The number of benzene rings is 5. The average molecular weight is 738 g/mol. The van der Waals surface area contributed by atoms with Gasteiger partial charge in [0, 0.05) is 0 Å². The molecule has 0 heterocycles. The average Bonchev–Trinajstić information content (AvgIpc) is 3.14. The molecule has 4 heteroatoms. The van der Waals surface area contributed by atoms with E-state index in [1.807, 2.05) is 12.1 Å². The Morgan fingerprint density at radius 1 is 0.542 bits per heavy atom. The first-order valence-corrected chi connectivity index (χ1v) is 22.0. The molecule has 48 heavy (non-hydrogen) atoms. The number of halogens is 1. The van der Waals surface area contributed by atoms with Gasteiger partial charge in [-0.1, -0.05) is 163 Å². The summed E-state index contributed by atoms with van der Waals surface area (Å²) in [5, 5.41) is 0. The summed E-state index contributed by atoms with van der Waals surface area (Å²) in [6, 6.07) is 54.8. The monoisotopic (exact) mass is 736 g/mol. The maximum atomic E-state index is 4.26. The Morgan fingerprint density at radius 3 is 1.15 bits per heavy atom. The molecule has 257 valence electrons. The summed E-state index contributed by atoms with van der Waals surface area (Å²) < 4.78 is 0. The molecule has 0 aromatic heterocycles. The van der Waals surface area contributed by atoms with E-state index in [1.54, 1.807) is 0 Å². The Balaban J connectivity index is 0.000000248. The Morgan fingerprint density at radius 2 is 0.875 bits per heavy atom. The molecule has 0 unspecified atom stereocenters. The van der Waals surface area contributed by atoms with Crippen molar-refractivity contribution in [2.45, 2.75) is 65.2 Å². The minimum atomic E-state index is 0.0890. The molecule has 0 fully saturated rings. The van der Waals surface area contributed by atoms with Crippen LogP contribution in [0.25, 0.3) is 0 Å². The molecule has 0 spiro atoms. The second-order valence-electron chi connectivity index (χ2n) is 11.8. The van der Waals surface area contributed by atoms with Crippen LogP contribution in [0.1, 0.15) is 61.9 Å². The van der Waals surface area contributed by atoms with E-state index < -0.39 is 0 Å². The van der Waals surface area contributed by atoms with Crippen molar-refractivity contribution in [1.82, 2.24) is 0 Å². The van der Waals surface area contributed by atoms with Gasteiger partial charge in [0.25, 0.3) is 0 Å². The SMILES string of the molecule is CC(C)=CCCc1[c-]cccc1.CCP(Cc1ccccc1)Cc1ccccc1.CCP(Cc1ccccc1)Cc1ccccc1.[Cl][Ni]. The quantitative estimate of drug-likeness (QED) is 0.0488. The molecule has 0 nitrogen and oxygen atoms in total. The molecular formula is C44H53ClNiP2-. The molecule has 5 rings (SSSR count). The van der Waals surface area contributed by atoms with Crippen LogP contribution in [-0.4, -0.2) is 12.3 Å². The molecule has 0 aliphatic rings. The zero-order valence-electron chi connectivity index (χ0n) is 29.2. The van der Waals surface area contributed by atoms with Crippen molar-refractivity contribution in [3.05, 3.63) is 191 Å². The van der Waals surface area contributed by atoms with E-state index in [0.717, 1.165) is 12.8 Å². The van der Waals surface area contributed by atoms with Crippen molar-refractivity contribution >= 4 is 26.0 Å². The molecule has 0 amide bonds. The maximum absolute atomic E-state index is 4.26. The molecular weight excluding hydrogens is 685 g/mol. The number of hydrogen-bond acceptors (Lipinski definition) is 0. The summed E-state index contributed by atoms with van der Waals surface area (Å²) in [6.07, 6.45) is 12.1. The van der Waals surface area contributed by atoms with Gasteiger partial charge in [-0.05, 0) is 85.9 Å². The van der Waals surface area contributed by atoms with E-state index in [0.29, 0.717) is 0 Å². The van der Waals surface area contributed by atoms with Crippen molar-refractivity contribution in [3.63, 3.8) is 0 Å². The zero-order chi connectivity index (χ0) is 34.7. The van der Waals surface area contributed by atoms with Gasteiger partial charge < -0.3 is 0 Å². The first-order valence-electron chi connectivity index (χ1n) is 16.9. The van der Waals surface area contributed by atoms with E-state index in [1.165, 1.54) is 70.4 Å². The molecule has 0 radical (unpaired) electrons. The first kappa shape index (κ1) is 41.7. The predicted octanol–water partition coefficient (Wildman–Crippen LogP) is 13.8. The Labute approximate surface area is 307 Å². The standard InChI is InChI=1S/2C16H19P.C12H15.ClH.Ni/c2*1-2-17(13-15-9-5-3-6-10-15)14-16-11-7-4-8-12-16;1-11(2)7-6-10-12-8-4-3-5-9-12;;/h2*3-12H,2,13-14H2,1H3;3-5,7-8H,6,10H2,1-2H3;1H;/q;;-1;;+1/p-1. The van der Waals surface area contributed by atoms with Gasteiger partial charge in [-0.25, -0.2) is 0 Å². The molecule has 5 aromatic carbocycles. The zero-order valence-corrected chi connectivity index (χ0v) is 32.7. The normalized spacial score (nSPS) is 10.1. The fourth-order valence-electron chi connectivity index (χ4n) is 5.03. The second-order valence-corrected chi connectivity index (χ2v) is 17.0. The summed E-state index contributed by atoms with van der Waals surface area (Å²) in [5.41, 5.74) is 8.63. The molecule has 0 atom stereocenters. The van der Waals surface area contributed by atoms with Crippen molar-refractivity contribution in [2.24, 2.45) is 0 Å². The van der Waals surface area contributed by atoms with Gasteiger partial charge in [0.1, 0.15) is 0 Å². The van der Waals surface area contributed by atoms with Crippen LogP contribution in [0.2, 0.25) is 0 Å². The number of hydrogen-bond donors (Lipinski definition) is 0. The van der Waals surface area contributed by atoms with Crippen LogP contribution in [0, 0.1) is 6.07 Å². The summed E-state index contributed by atoms with van der Waals surface area (Å²) >= 11 is 3.35. The van der Waals surface area contributed by atoms with Crippen LogP contribution in [0.3, 0.4) is 0 Å². The molecule has 0 aliphatic carbocycles. The molecule has 0 saturated heterocycles. The Kier molecular flexibility index (Phi) is 23.7. The van der Waals surface area contributed by atoms with Crippen LogP contribution >= 0.6 is 26.0 Å². The number of rotatable bonds is 13. The van der Waals surface area contributed by atoms with E-state index in [4.69, 9.17) is 0 Å². The van der Waals surface area contributed by atoms with Gasteiger partial charge in [0.2, 0.25) is 0 Å². The van der Waals surface area contributed by atoms with Crippen LogP contribution in [-0.2, 0) is 45.6 Å². The Hall–Kier alpha value is -2.52. The van der Waals surface area contributed by atoms with E-state index in [9.17, 15) is 0 Å². The van der Waals surface area contributed by atoms with Gasteiger partial charge in [0.05, 0.1) is 0 Å². The van der Waals surface area contributed by atoms with Gasteiger partial charge in [-0.2, -0.15) is 35.9 Å². The molecule has 0 N–H and O–H groups in total. The summed E-state index contributed by atoms with van der Waals surface area (Å²) in [4.78, 5) is 0. The fourth-order valence-corrected chi connectivity index (χ4v) is 9.05.